The fraction of sp³-hybridized carbons (Fsp3) is 0. The summed E-state index contributed by atoms with van der Waals surface area (Å²) >= 11 is 0. The van der Waals surface area contributed by atoms with Gasteiger partial charge >= 0.3 is 11.9 Å². The topological polar surface area (TPSA) is 129 Å². The summed E-state index contributed by atoms with van der Waals surface area (Å²) in [7, 11) is -4.92. The van der Waals surface area contributed by atoms with E-state index in [0.717, 1.165) is 18.2 Å². The van der Waals surface area contributed by atoms with Crippen molar-refractivity contribution in [1.82, 2.24) is 0 Å². The van der Waals surface area contributed by atoms with Crippen molar-refractivity contribution < 1.29 is 32.8 Å². The quantitative estimate of drug-likeness (QED) is 0.509. The molecule has 0 aliphatic heterocycles. The number of rotatable bonds is 3. The summed E-state index contributed by atoms with van der Waals surface area (Å²) in [4.78, 5) is 20.2. The Morgan fingerprint density at radius 2 is 1.28 bits per heavy atom. The minimum absolute atomic E-state index is 0. The van der Waals surface area contributed by atoms with Crippen LogP contribution in [-0.2, 0) is 10.1 Å². The van der Waals surface area contributed by atoms with Crippen LogP contribution in [0.3, 0.4) is 0 Å². The van der Waals surface area contributed by atoms with E-state index >= 15 is 0 Å². The van der Waals surface area contributed by atoms with Gasteiger partial charge in [-0.2, -0.15) is 8.42 Å². The molecule has 10 heteroatoms. The van der Waals surface area contributed by atoms with Crippen LogP contribution in [0, 0.1) is 0 Å². The molecule has 0 aromatic heterocycles. The Balaban J connectivity index is 0. The van der Waals surface area contributed by atoms with Crippen molar-refractivity contribution in [1.29, 1.82) is 0 Å². The van der Waals surface area contributed by atoms with E-state index in [1.807, 2.05) is 0 Å². The molecule has 1 rings (SSSR count). The van der Waals surface area contributed by atoms with Gasteiger partial charge in [0, 0.05) is 59.1 Å². The standard InChI is InChI=1S/C8H6O7S.2Na/c9-7(10)4-2-1-3-5(8(11)12)6(4)16(13,14)15;;/h1-3H,(H,9,10)(H,11,12)(H,13,14,15);;. The molecule has 0 atom stereocenters. The monoisotopic (exact) mass is 292 g/mol. The summed E-state index contributed by atoms with van der Waals surface area (Å²) in [6, 6.07) is 2.84. The SMILES string of the molecule is O=C(O)c1cccc(C(=O)O)c1S(=O)(=O)O.[Na].[Na]. The molecular formula is C8H6Na2O7S. The molecule has 1 aromatic rings. The molecule has 18 heavy (non-hydrogen) atoms. The van der Waals surface area contributed by atoms with E-state index in [-0.39, 0.29) is 59.1 Å². The van der Waals surface area contributed by atoms with E-state index in [1.54, 1.807) is 0 Å². The number of carboxylic acids is 2. The number of carbonyl (C=O) groups is 2. The van der Waals surface area contributed by atoms with E-state index in [2.05, 4.69) is 0 Å². The number of benzene rings is 1. The fourth-order valence-corrected chi connectivity index (χ4v) is 2.02. The van der Waals surface area contributed by atoms with Crippen molar-refractivity contribution in [2.75, 3.05) is 0 Å². The summed E-state index contributed by atoms with van der Waals surface area (Å²) < 4.78 is 30.6. The zero-order chi connectivity index (χ0) is 12.5. The minimum Gasteiger partial charge on any atom is -0.478 e. The van der Waals surface area contributed by atoms with Gasteiger partial charge in [0.15, 0.2) is 0 Å². The van der Waals surface area contributed by atoms with Gasteiger partial charge in [-0.25, -0.2) is 9.59 Å². The van der Waals surface area contributed by atoms with Gasteiger partial charge < -0.3 is 10.2 Å². The second kappa shape index (κ2) is 7.61. The first-order valence-electron chi connectivity index (χ1n) is 3.82. The van der Waals surface area contributed by atoms with E-state index in [4.69, 9.17) is 14.8 Å². The molecule has 0 amide bonds. The Kier molecular flexibility index (Phi) is 8.62. The van der Waals surface area contributed by atoms with Gasteiger partial charge in [-0.05, 0) is 12.1 Å². The van der Waals surface area contributed by atoms with Gasteiger partial charge in [-0.15, -0.1) is 0 Å². The van der Waals surface area contributed by atoms with Crippen molar-refractivity contribution in [3.63, 3.8) is 0 Å². The van der Waals surface area contributed by atoms with Crippen molar-refractivity contribution in [3.05, 3.63) is 29.3 Å². The molecule has 88 valence electrons. The first kappa shape index (κ1) is 20.4. The molecule has 0 bridgehead atoms. The molecule has 0 saturated carbocycles. The normalized spacial score (nSPS) is 9.83. The van der Waals surface area contributed by atoms with Crippen LogP contribution in [0.1, 0.15) is 20.7 Å². The van der Waals surface area contributed by atoms with Crippen molar-refractivity contribution >= 4 is 81.2 Å². The van der Waals surface area contributed by atoms with Crippen LogP contribution in [0.15, 0.2) is 23.1 Å². The Labute approximate surface area is 147 Å². The Morgan fingerprint density at radius 3 is 1.50 bits per heavy atom. The second-order valence-electron chi connectivity index (χ2n) is 2.77. The van der Waals surface area contributed by atoms with E-state index in [0.29, 0.717) is 0 Å². The summed E-state index contributed by atoms with van der Waals surface area (Å²) in [5, 5.41) is 17.3. The summed E-state index contributed by atoms with van der Waals surface area (Å²) in [6.07, 6.45) is 0. The van der Waals surface area contributed by atoms with Crippen molar-refractivity contribution in [2.24, 2.45) is 0 Å². The van der Waals surface area contributed by atoms with Crippen LogP contribution in [0.2, 0.25) is 0 Å². The number of hydrogen-bond acceptors (Lipinski definition) is 4. The minimum atomic E-state index is -4.92. The second-order valence-corrected chi connectivity index (χ2v) is 4.13. The third-order valence-electron chi connectivity index (χ3n) is 1.73. The maximum absolute atomic E-state index is 10.9. The Morgan fingerprint density at radius 1 is 0.944 bits per heavy atom. The molecule has 0 unspecified atom stereocenters. The van der Waals surface area contributed by atoms with Crippen LogP contribution in [0.5, 0.6) is 0 Å². The molecule has 0 aliphatic carbocycles. The van der Waals surface area contributed by atoms with Gasteiger partial charge in [-0.3, -0.25) is 4.55 Å². The molecule has 2 radical (unpaired) electrons. The molecule has 0 heterocycles. The average molecular weight is 292 g/mol. The summed E-state index contributed by atoms with van der Waals surface area (Å²) in [5.74, 6) is -3.29. The van der Waals surface area contributed by atoms with Crippen LogP contribution in [0.4, 0.5) is 0 Å². The summed E-state index contributed by atoms with van der Waals surface area (Å²) in [5.41, 5.74) is -1.58. The van der Waals surface area contributed by atoms with Crippen LogP contribution in [0.25, 0.3) is 0 Å². The zero-order valence-corrected chi connectivity index (χ0v) is 14.4. The largest absolute Gasteiger partial charge is 0.478 e. The smallest absolute Gasteiger partial charge is 0.337 e. The van der Waals surface area contributed by atoms with E-state index < -0.39 is 38.1 Å². The van der Waals surface area contributed by atoms with E-state index in [9.17, 15) is 18.0 Å². The zero-order valence-electron chi connectivity index (χ0n) is 9.61. The van der Waals surface area contributed by atoms with E-state index in [1.165, 1.54) is 0 Å². The molecule has 0 fully saturated rings. The van der Waals surface area contributed by atoms with Gasteiger partial charge in [0.1, 0.15) is 4.90 Å². The first-order valence-corrected chi connectivity index (χ1v) is 5.26. The van der Waals surface area contributed by atoms with Gasteiger partial charge in [0.05, 0.1) is 11.1 Å². The molecule has 0 aliphatic rings. The van der Waals surface area contributed by atoms with Crippen molar-refractivity contribution in [2.45, 2.75) is 4.90 Å². The predicted molar refractivity (Wildman–Crippen MR) is 61.7 cm³/mol. The number of aromatic carboxylic acids is 2. The third kappa shape index (κ3) is 4.63. The van der Waals surface area contributed by atoms with Gasteiger partial charge in [-0.1, -0.05) is 6.07 Å². The average Bonchev–Trinajstić information content (AvgIpc) is 2.15. The van der Waals surface area contributed by atoms with Crippen LogP contribution < -0.4 is 0 Å². The number of carboxylic acid groups (broad SMARTS) is 2. The molecule has 0 saturated heterocycles. The van der Waals surface area contributed by atoms with Gasteiger partial charge in [0.25, 0.3) is 10.1 Å². The van der Waals surface area contributed by atoms with Crippen LogP contribution >= 0.6 is 0 Å². The summed E-state index contributed by atoms with van der Waals surface area (Å²) in [6.45, 7) is 0. The fourth-order valence-electron chi connectivity index (χ4n) is 1.15. The van der Waals surface area contributed by atoms with Crippen molar-refractivity contribution in [3.8, 4) is 0 Å². The Hall–Kier alpha value is 0.0700. The van der Waals surface area contributed by atoms with Gasteiger partial charge in [0.2, 0.25) is 0 Å². The molecule has 3 N–H and O–H groups in total. The molecule has 1 aromatic carbocycles. The van der Waals surface area contributed by atoms with Crippen LogP contribution in [-0.4, -0.2) is 94.2 Å². The number of hydrogen-bond donors (Lipinski definition) is 3. The molecular weight excluding hydrogens is 286 g/mol. The molecule has 0 spiro atoms. The predicted octanol–water partition coefficient (Wildman–Crippen LogP) is -0.432. The maximum atomic E-state index is 10.9. The Bertz CT molecular complexity index is 535. The first-order chi connectivity index (χ1) is 7.25. The third-order valence-corrected chi connectivity index (χ3v) is 2.69. The maximum Gasteiger partial charge on any atom is 0.337 e. The molecule has 7 nitrogen and oxygen atoms in total.